The predicted octanol–water partition coefficient (Wildman–Crippen LogP) is 2.01. The number of anilines is 1. The van der Waals surface area contributed by atoms with Gasteiger partial charge in [-0.25, -0.2) is 4.98 Å². The summed E-state index contributed by atoms with van der Waals surface area (Å²) in [7, 11) is 1.61. The summed E-state index contributed by atoms with van der Waals surface area (Å²) in [5, 5.41) is 3.20. The molecule has 1 N–H and O–H groups in total. The van der Waals surface area contributed by atoms with Crippen LogP contribution in [0, 0.1) is 0 Å². The summed E-state index contributed by atoms with van der Waals surface area (Å²) >= 11 is 0. The number of hydrogen-bond acceptors (Lipinski definition) is 5. The molecule has 0 bridgehead atoms. The standard InChI is InChI=1S/C12H19N3O2/c1-4-6-13-10-8-12(17-7-5-2)15-11(14-10)9-16-3/h5,8H,2,4,6-7,9H2,1,3H3,(H,13,14,15). The van der Waals surface area contributed by atoms with Crippen molar-refractivity contribution >= 4 is 5.82 Å². The summed E-state index contributed by atoms with van der Waals surface area (Å²) in [4.78, 5) is 8.54. The van der Waals surface area contributed by atoms with Gasteiger partial charge in [0, 0.05) is 19.7 Å². The zero-order valence-electron chi connectivity index (χ0n) is 10.4. The zero-order valence-corrected chi connectivity index (χ0v) is 10.4. The molecule has 5 heteroatoms. The van der Waals surface area contributed by atoms with E-state index in [9.17, 15) is 0 Å². The Labute approximate surface area is 102 Å². The first-order chi connectivity index (χ1) is 8.30. The summed E-state index contributed by atoms with van der Waals surface area (Å²) in [6.07, 6.45) is 2.71. The van der Waals surface area contributed by atoms with Crippen LogP contribution in [0.4, 0.5) is 5.82 Å². The highest BCUT2D eigenvalue weighted by Crippen LogP contribution is 2.14. The molecule has 5 nitrogen and oxygen atoms in total. The van der Waals surface area contributed by atoms with Gasteiger partial charge in [-0.3, -0.25) is 0 Å². The van der Waals surface area contributed by atoms with E-state index in [4.69, 9.17) is 9.47 Å². The lowest BCUT2D eigenvalue weighted by atomic mass is 10.4. The Bertz CT molecular complexity index is 356. The number of hydrogen-bond donors (Lipinski definition) is 1. The van der Waals surface area contributed by atoms with Crippen molar-refractivity contribution in [3.8, 4) is 5.88 Å². The van der Waals surface area contributed by atoms with E-state index in [1.165, 1.54) is 0 Å². The van der Waals surface area contributed by atoms with E-state index in [0.717, 1.165) is 18.8 Å². The molecule has 0 saturated carbocycles. The van der Waals surface area contributed by atoms with Crippen LogP contribution in [0.3, 0.4) is 0 Å². The third-order valence-electron chi connectivity index (χ3n) is 1.93. The number of ether oxygens (including phenoxy) is 2. The van der Waals surface area contributed by atoms with Crippen LogP contribution in [-0.4, -0.2) is 30.2 Å². The van der Waals surface area contributed by atoms with Crippen LogP contribution >= 0.6 is 0 Å². The second kappa shape index (κ2) is 7.62. The minimum Gasteiger partial charge on any atom is -0.473 e. The van der Waals surface area contributed by atoms with Gasteiger partial charge in [0.1, 0.15) is 19.0 Å². The molecule has 0 radical (unpaired) electrons. The molecule has 0 spiro atoms. The van der Waals surface area contributed by atoms with Crippen molar-refractivity contribution in [3.05, 3.63) is 24.5 Å². The minimum absolute atomic E-state index is 0.367. The van der Waals surface area contributed by atoms with Crippen LogP contribution in [0.2, 0.25) is 0 Å². The normalized spacial score (nSPS) is 10.0. The van der Waals surface area contributed by atoms with Gasteiger partial charge in [0.25, 0.3) is 0 Å². The first-order valence-electron chi connectivity index (χ1n) is 5.64. The fraction of sp³-hybridized carbons (Fsp3) is 0.500. The fourth-order valence-electron chi connectivity index (χ4n) is 1.23. The molecule has 0 aliphatic rings. The SMILES string of the molecule is C=CCOc1cc(NCCC)nc(COC)n1. The monoisotopic (exact) mass is 237 g/mol. The molecule has 0 aliphatic carbocycles. The number of nitrogens with one attached hydrogen (secondary N) is 1. The van der Waals surface area contributed by atoms with E-state index in [2.05, 4.69) is 28.8 Å². The van der Waals surface area contributed by atoms with Crippen LogP contribution in [0.15, 0.2) is 18.7 Å². The minimum atomic E-state index is 0.367. The highest BCUT2D eigenvalue weighted by Gasteiger charge is 2.04. The second-order valence-electron chi connectivity index (χ2n) is 3.47. The third-order valence-corrected chi connectivity index (χ3v) is 1.93. The van der Waals surface area contributed by atoms with Gasteiger partial charge in [-0.2, -0.15) is 4.98 Å². The smallest absolute Gasteiger partial charge is 0.219 e. The molecular formula is C12H19N3O2. The number of rotatable bonds is 8. The Kier molecular flexibility index (Phi) is 6.03. The number of methoxy groups -OCH3 is 1. The predicted molar refractivity (Wildman–Crippen MR) is 67.2 cm³/mol. The van der Waals surface area contributed by atoms with Crippen LogP contribution in [0.1, 0.15) is 19.2 Å². The van der Waals surface area contributed by atoms with Crippen LogP contribution in [0.5, 0.6) is 5.88 Å². The van der Waals surface area contributed by atoms with Gasteiger partial charge in [0.2, 0.25) is 5.88 Å². The molecule has 0 atom stereocenters. The Morgan fingerprint density at radius 1 is 1.47 bits per heavy atom. The number of aromatic nitrogens is 2. The lowest BCUT2D eigenvalue weighted by molar-refractivity contribution is 0.176. The summed E-state index contributed by atoms with van der Waals surface area (Å²) in [5.74, 6) is 1.89. The molecule has 0 fully saturated rings. The topological polar surface area (TPSA) is 56.3 Å². The molecular weight excluding hydrogens is 218 g/mol. The highest BCUT2D eigenvalue weighted by atomic mass is 16.5. The van der Waals surface area contributed by atoms with Gasteiger partial charge in [0.15, 0.2) is 5.82 Å². The van der Waals surface area contributed by atoms with Crippen molar-refractivity contribution in [2.24, 2.45) is 0 Å². The Morgan fingerprint density at radius 3 is 2.94 bits per heavy atom. The molecule has 0 aromatic carbocycles. The van der Waals surface area contributed by atoms with Crippen molar-refractivity contribution in [1.29, 1.82) is 0 Å². The summed E-state index contributed by atoms with van der Waals surface area (Å²) in [6.45, 7) is 7.35. The molecule has 0 saturated heterocycles. The largest absolute Gasteiger partial charge is 0.473 e. The molecule has 0 amide bonds. The van der Waals surface area contributed by atoms with Gasteiger partial charge in [-0.1, -0.05) is 19.6 Å². The molecule has 1 rings (SSSR count). The molecule has 1 aromatic heterocycles. The average Bonchev–Trinajstić information content (AvgIpc) is 2.34. The van der Waals surface area contributed by atoms with Gasteiger partial charge in [-0.05, 0) is 6.42 Å². The fourth-order valence-corrected chi connectivity index (χ4v) is 1.23. The van der Waals surface area contributed by atoms with E-state index in [0.29, 0.717) is 24.9 Å². The molecule has 0 unspecified atom stereocenters. The summed E-state index contributed by atoms with van der Waals surface area (Å²) in [5.41, 5.74) is 0. The van der Waals surface area contributed by atoms with Crippen LogP contribution in [-0.2, 0) is 11.3 Å². The number of nitrogens with zero attached hydrogens (tertiary/aromatic N) is 2. The second-order valence-corrected chi connectivity index (χ2v) is 3.47. The average molecular weight is 237 g/mol. The van der Waals surface area contributed by atoms with Crippen molar-refractivity contribution < 1.29 is 9.47 Å². The van der Waals surface area contributed by atoms with Crippen molar-refractivity contribution in [2.45, 2.75) is 20.0 Å². The van der Waals surface area contributed by atoms with Gasteiger partial charge < -0.3 is 14.8 Å². The maximum absolute atomic E-state index is 5.40. The molecule has 1 aromatic rings. The van der Waals surface area contributed by atoms with Gasteiger partial charge in [0.05, 0.1) is 0 Å². The zero-order chi connectivity index (χ0) is 12.5. The van der Waals surface area contributed by atoms with Crippen molar-refractivity contribution in [1.82, 2.24) is 9.97 Å². The maximum Gasteiger partial charge on any atom is 0.219 e. The van der Waals surface area contributed by atoms with Crippen LogP contribution in [0.25, 0.3) is 0 Å². The molecule has 17 heavy (non-hydrogen) atoms. The van der Waals surface area contributed by atoms with Crippen LogP contribution < -0.4 is 10.1 Å². The maximum atomic E-state index is 5.40. The Morgan fingerprint density at radius 2 is 2.29 bits per heavy atom. The van der Waals surface area contributed by atoms with Gasteiger partial charge in [-0.15, -0.1) is 0 Å². The van der Waals surface area contributed by atoms with E-state index in [-0.39, 0.29) is 0 Å². The van der Waals surface area contributed by atoms with E-state index in [1.54, 1.807) is 19.3 Å². The van der Waals surface area contributed by atoms with Crippen molar-refractivity contribution in [3.63, 3.8) is 0 Å². The lowest BCUT2D eigenvalue weighted by Gasteiger charge is -2.09. The Balaban J connectivity index is 2.79. The molecule has 0 aliphatic heterocycles. The first kappa shape index (κ1) is 13.4. The van der Waals surface area contributed by atoms with E-state index >= 15 is 0 Å². The van der Waals surface area contributed by atoms with Gasteiger partial charge >= 0.3 is 0 Å². The van der Waals surface area contributed by atoms with E-state index < -0.39 is 0 Å². The quantitative estimate of drug-likeness (QED) is 0.701. The summed E-state index contributed by atoms with van der Waals surface area (Å²) < 4.78 is 10.4. The molecule has 94 valence electrons. The Hall–Kier alpha value is -1.62. The highest BCUT2D eigenvalue weighted by molar-refractivity contribution is 5.38. The summed E-state index contributed by atoms with van der Waals surface area (Å²) in [6, 6.07) is 1.78. The van der Waals surface area contributed by atoms with E-state index in [1.807, 2.05) is 0 Å². The first-order valence-corrected chi connectivity index (χ1v) is 5.64. The lowest BCUT2D eigenvalue weighted by Crippen LogP contribution is -2.07. The third kappa shape index (κ3) is 4.82. The molecule has 1 heterocycles. The van der Waals surface area contributed by atoms with Crippen molar-refractivity contribution in [2.75, 3.05) is 25.6 Å².